The molecule has 0 spiro atoms. The van der Waals surface area contributed by atoms with E-state index in [1.807, 2.05) is 0 Å². The van der Waals surface area contributed by atoms with Crippen molar-refractivity contribution in [1.29, 1.82) is 0 Å². The van der Waals surface area contributed by atoms with Gasteiger partial charge in [-0.2, -0.15) is 0 Å². The number of ether oxygens (including phenoxy) is 1. The molecule has 0 aliphatic carbocycles. The summed E-state index contributed by atoms with van der Waals surface area (Å²) in [7, 11) is -2.98. The molecule has 8 heteroatoms. The van der Waals surface area contributed by atoms with Gasteiger partial charge in [0.05, 0.1) is 11.5 Å². The van der Waals surface area contributed by atoms with Crippen LogP contribution in [0.3, 0.4) is 0 Å². The fourth-order valence-electron chi connectivity index (χ4n) is 1.96. The zero-order chi connectivity index (χ0) is 16.1. The summed E-state index contributed by atoms with van der Waals surface area (Å²) in [6.45, 7) is 5.66. The molecule has 0 saturated carbocycles. The van der Waals surface area contributed by atoms with Crippen molar-refractivity contribution in [2.75, 3.05) is 18.1 Å². The molecule has 0 aromatic carbocycles. The summed E-state index contributed by atoms with van der Waals surface area (Å²) < 4.78 is 27.6. The standard InChI is InChI=1S/C13H24N2O5S/c1-13(2,3)20-12(17)14-7-4-5-11(16)15-10-6-8-21(18,19)9-10/h10H,4-9H2,1-3H3,(H,14,17)(H,15,16). The number of alkyl carbamates (subject to hydrolysis) is 1. The van der Waals surface area contributed by atoms with Crippen molar-refractivity contribution in [2.45, 2.75) is 51.7 Å². The minimum atomic E-state index is -2.98. The zero-order valence-electron chi connectivity index (χ0n) is 12.8. The summed E-state index contributed by atoms with van der Waals surface area (Å²) in [5.41, 5.74) is -0.546. The minimum Gasteiger partial charge on any atom is -0.444 e. The fraction of sp³-hybridized carbons (Fsp3) is 0.846. The van der Waals surface area contributed by atoms with Gasteiger partial charge in [-0.15, -0.1) is 0 Å². The summed E-state index contributed by atoms with van der Waals surface area (Å²) in [5, 5.41) is 5.26. The van der Waals surface area contributed by atoms with E-state index < -0.39 is 21.5 Å². The van der Waals surface area contributed by atoms with Crippen LogP contribution in [0.5, 0.6) is 0 Å². The molecular weight excluding hydrogens is 296 g/mol. The highest BCUT2D eigenvalue weighted by Crippen LogP contribution is 2.11. The average molecular weight is 320 g/mol. The van der Waals surface area contributed by atoms with Crippen LogP contribution in [0.4, 0.5) is 4.79 Å². The van der Waals surface area contributed by atoms with E-state index in [1.54, 1.807) is 20.8 Å². The van der Waals surface area contributed by atoms with Gasteiger partial charge in [-0.3, -0.25) is 4.79 Å². The molecule has 0 aromatic rings. The third kappa shape index (κ3) is 7.89. The normalized spacial score (nSPS) is 20.8. The van der Waals surface area contributed by atoms with Crippen LogP contribution in [0.2, 0.25) is 0 Å². The second-order valence-electron chi connectivity index (χ2n) is 6.20. The molecule has 1 aliphatic heterocycles. The lowest BCUT2D eigenvalue weighted by atomic mass is 10.2. The van der Waals surface area contributed by atoms with Gasteiger partial charge in [0.2, 0.25) is 5.91 Å². The molecule has 1 saturated heterocycles. The van der Waals surface area contributed by atoms with Gasteiger partial charge in [0.1, 0.15) is 5.60 Å². The predicted molar refractivity (Wildman–Crippen MR) is 78.7 cm³/mol. The first-order chi connectivity index (χ1) is 9.57. The third-order valence-electron chi connectivity index (χ3n) is 2.85. The van der Waals surface area contributed by atoms with Gasteiger partial charge in [-0.25, -0.2) is 13.2 Å². The molecule has 122 valence electrons. The lowest BCUT2D eigenvalue weighted by Crippen LogP contribution is -2.36. The lowest BCUT2D eigenvalue weighted by Gasteiger charge is -2.19. The van der Waals surface area contributed by atoms with E-state index in [-0.39, 0.29) is 29.9 Å². The number of carbonyl (C=O) groups excluding carboxylic acids is 2. The topological polar surface area (TPSA) is 102 Å². The van der Waals surface area contributed by atoms with E-state index in [1.165, 1.54) is 0 Å². The van der Waals surface area contributed by atoms with Gasteiger partial charge in [-0.05, 0) is 33.6 Å². The van der Waals surface area contributed by atoms with Crippen LogP contribution in [0.15, 0.2) is 0 Å². The van der Waals surface area contributed by atoms with Gasteiger partial charge < -0.3 is 15.4 Å². The monoisotopic (exact) mass is 320 g/mol. The largest absolute Gasteiger partial charge is 0.444 e. The molecule has 1 heterocycles. The molecule has 21 heavy (non-hydrogen) atoms. The number of hydrogen-bond donors (Lipinski definition) is 2. The average Bonchev–Trinajstić information content (AvgIpc) is 2.62. The maximum Gasteiger partial charge on any atom is 0.407 e. The summed E-state index contributed by atoms with van der Waals surface area (Å²) in [6.07, 6.45) is 0.686. The first-order valence-corrected chi connectivity index (χ1v) is 8.86. The predicted octanol–water partition coefficient (Wildman–Crippen LogP) is 0.595. The van der Waals surface area contributed by atoms with Gasteiger partial charge >= 0.3 is 6.09 Å². The molecule has 1 atom stereocenters. The number of hydrogen-bond acceptors (Lipinski definition) is 5. The molecule has 1 unspecified atom stereocenters. The Bertz CT molecular complexity index is 481. The van der Waals surface area contributed by atoms with E-state index in [4.69, 9.17) is 4.74 Å². The Morgan fingerprint density at radius 1 is 1.29 bits per heavy atom. The molecule has 7 nitrogen and oxygen atoms in total. The molecule has 1 rings (SSSR count). The van der Waals surface area contributed by atoms with E-state index in [0.717, 1.165) is 0 Å². The molecule has 2 N–H and O–H groups in total. The van der Waals surface area contributed by atoms with Crippen LogP contribution in [0, 0.1) is 0 Å². The fourth-order valence-corrected chi connectivity index (χ4v) is 3.64. The Morgan fingerprint density at radius 3 is 2.48 bits per heavy atom. The van der Waals surface area contributed by atoms with Crippen LogP contribution in [0.25, 0.3) is 0 Å². The van der Waals surface area contributed by atoms with Gasteiger partial charge in [0, 0.05) is 19.0 Å². The van der Waals surface area contributed by atoms with Crippen LogP contribution >= 0.6 is 0 Å². The van der Waals surface area contributed by atoms with Gasteiger partial charge in [0.15, 0.2) is 9.84 Å². The molecular formula is C13H24N2O5S. The maximum atomic E-state index is 11.6. The van der Waals surface area contributed by atoms with E-state index in [0.29, 0.717) is 19.4 Å². The van der Waals surface area contributed by atoms with Crippen LogP contribution in [-0.2, 0) is 19.4 Å². The summed E-state index contributed by atoms with van der Waals surface area (Å²) >= 11 is 0. The first-order valence-electron chi connectivity index (χ1n) is 7.04. The Kier molecular flexibility index (Phi) is 6.00. The first kappa shape index (κ1) is 17.7. The van der Waals surface area contributed by atoms with Crippen molar-refractivity contribution in [3.05, 3.63) is 0 Å². The van der Waals surface area contributed by atoms with Crippen LogP contribution in [-0.4, -0.2) is 50.1 Å². The molecule has 2 amide bonds. The second-order valence-corrected chi connectivity index (χ2v) is 8.43. The van der Waals surface area contributed by atoms with Crippen molar-refractivity contribution in [3.8, 4) is 0 Å². The number of nitrogens with one attached hydrogen (secondary N) is 2. The minimum absolute atomic E-state index is 0.0227. The quantitative estimate of drug-likeness (QED) is 0.722. The number of sulfone groups is 1. The Balaban J connectivity index is 2.13. The summed E-state index contributed by atoms with van der Waals surface area (Å²) in [4.78, 5) is 23.0. The zero-order valence-corrected chi connectivity index (χ0v) is 13.6. The lowest BCUT2D eigenvalue weighted by molar-refractivity contribution is -0.121. The summed E-state index contributed by atoms with van der Waals surface area (Å²) in [6, 6.07) is -0.277. The van der Waals surface area contributed by atoms with Crippen LogP contribution < -0.4 is 10.6 Å². The van der Waals surface area contributed by atoms with E-state index in [9.17, 15) is 18.0 Å². The van der Waals surface area contributed by atoms with Gasteiger partial charge in [-0.1, -0.05) is 0 Å². The van der Waals surface area contributed by atoms with Crippen molar-refractivity contribution in [3.63, 3.8) is 0 Å². The van der Waals surface area contributed by atoms with E-state index >= 15 is 0 Å². The molecule has 0 bridgehead atoms. The highest BCUT2D eigenvalue weighted by atomic mass is 32.2. The van der Waals surface area contributed by atoms with Crippen molar-refractivity contribution < 1.29 is 22.7 Å². The Hall–Kier alpha value is -1.31. The molecule has 1 fully saturated rings. The molecule has 0 radical (unpaired) electrons. The van der Waals surface area contributed by atoms with Crippen molar-refractivity contribution in [1.82, 2.24) is 10.6 Å². The highest BCUT2D eigenvalue weighted by Gasteiger charge is 2.28. The van der Waals surface area contributed by atoms with E-state index in [2.05, 4.69) is 10.6 Å². The Morgan fingerprint density at radius 2 is 1.95 bits per heavy atom. The molecule has 0 aromatic heterocycles. The highest BCUT2D eigenvalue weighted by molar-refractivity contribution is 7.91. The number of rotatable bonds is 5. The number of carbonyl (C=O) groups is 2. The number of amides is 2. The van der Waals surface area contributed by atoms with Crippen LogP contribution in [0.1, 0.15) is 40.0 Å². The van der Waals surface area contributed by atoms with Crippen molar-refractivity contribution in [2.24, 2.45) is 0 Å². The smallest absolute Gasteiger partial charge is 0.407 e. The second kappa shape index (κ2) is 7.11. The van der Waals surface area contributed by atoms with Gasteiger partial charge in [0.25, 0.3) is 0 Å². The summed E-state index contributed by atoms with van der Waals surface area (Å²) in [5.74, 6) is -0.0318. The maximum absolute atomic E-state index is 11.6. The van der Waals surface area contributed by atoms with Crippen molar-refractivity contribution >= 4 is 21.8 Å². The molecule has 1 aliphatic rings. The Labute approximate surface area is 125 Å². The SMILES string of the molecule is CC(C)(C)OC(=O)NCCCC(=O)NC1CCS(=O)(=O)C1. The third-order valence-corrected chi connectivity index (χ3v) is 4.61.